The van der Waals surface area contributed by atoms with Gasteiger partial charge in [-0.3, -0.25) is 14.5 Å². The van der Waals surface area contributed by atoms with Crippen molar-refractivity contribution in [2.24, 2.45) is 0 Å². The highest BCUT2D eigenvalue weighted by Crippen LogP contribution is 2.33. The molecule has 1 heterocycles. The Balaban J connectivity index is 1.98. The molecule has 164 valence electrons. The molecule has 31 heavy (non-hydrogen) atoms. The number of nitrogens with zero attached hydrogens (tertiary/aromatic N) is 1. The number of nitrogens with one attached hydrogen (secondary N) is 1. The van der Waals surface area contributed by atoms with E-state index in [0.29, 0.717) is 53.8 Å². The predicted molar refractivity (Wildman–Crippen MR) is 122 cm³/mol. The molecule has 3 rings (SSSR count). The summed E-state index contributed by atoms with van der Waals surface area (Å²) in [6.45, 7) is 7.28. The highest BCUT2D eigenvalue weighted by atomic mass is 35.5. The van der Waals surface area contributed by atoms with Crippen LogP contribution in [-0.2, 0) is 14.3 Å². The standard InChI is InChI=1S/C24H27ClN2O4/c1-5-31-12-6-11-27-23(28)21(17-8-7-15(2)16(3)13-17)22(24(27)29)26-18-9-10-20(30-4)19(25)14-18/h7-10,13-14,26H,5-6,11-12H2,1-4H3. The first-order valence-electron chi connectivity index (χ1n) is 10.2. The molecule has 0 unspecified atom stereocenters. The summed E-state index contributed by atoms with van der Waals surface area (Å²) in [5.74, 6) is -0.143. The first-order valence-corrected chi connectivity index (χ1v) is 10.6. The molecule has 6 nitrogen and oxygen atoms in total. The number of methoxy groups -OCH3 is 1. The van der Waals surface area contributed by atoms with E-state index in [1.54, 1.807) is 18.2 Å². The van der Waals surface area contributed by atoms with Crippen molar-refractivity contribution in [2.45, 2.75) is 27.2 Å². The van der Waals surface area contributed by atoms with Crippen LogP contribution in [0.4, 0.5) is 5.69 Å². The lowest BCUT2D eigenvalue weighted by molar-refractivity contribution is -0.137. The van der Waals surface area contributed by atoms with E-state index in [4.69, 9.17) is 21.1 Å². The molecule has 1 aliphatic heterocycles. The summed E-state index contributed by atoms with van der Waals surface area (Å²) in [6, 6.07) is 10.9. The number of halogens is 1. The number of anilines is 1. The Morgan fingerprint density at radius 3 is 2.45 bits per heavy atom. The second-order valence-corrected chi connectivity index (χ2v) is 7.74. The fraction of sp³-hybridized carbons (Fsp3) is 0.333. The quantitative estimate of drug-likeness (QED) is 0.454. The number of benzene rings is 2. The fourth-order valence-corrected chi connectivity index (χ4v) is 3.68. The minimum atomic E-state index is -0.360. The van der Waals surface area contributed by atoms with Gasteiger partial charge in [0.05, 0.1) is 17.7 Å². The van der Waals surface area contributed by atoms with Gasteiger partial charge in [0, 0.05) is 25.4 Å². The Morgan fingerprint density at radius 2 is 1.81 bits per heavy atom. The number of ether oxygens (including phenoxy) is 2. The Hall–Kier alpha value is -2.83. The Morgan fingerprint density at radius 1 is 1.03 bits per heavy atom. The van der Waals surface area contributed by atoms with E-state index in [-0.39, 0.29) is 17.5 Å². The Kier molecular flexibility index (Phi) is 7.36. The molecule has 1 aliphatic rings. The molecule has 0 radical (unpaired) electrons. The van der Waals surface area contributed by atoms with Crippen molar-refractivity contribution in [3.8, 4) is 5.75 Å². The molecule has 0 atom stereocenters. The summed E-state index contributed by atoms with van der Waals surface area (Å²) in [7, 11) is 1.54. The van der Waals surface area contributed by atoms with Gasteiger partial charge in [-0.1, -0.05) is 29.8 Å². The van der Waals surface area contributed by atoms with Crippen molar-refractivity contribution in [3.05, 3.63) is 63.8 Å². The molecular formula is C24H27ClN2O4. The van der Waals surface area contributed by atoms with Gasteiger partial charge in [-0.05, 0) is 62.1 Å². The van der Waals surface area contributed by atoms with E-state index < -0.39 is 0 Å². The van der Waals surface area contributed by atoms with Crippen LogP contribution in [0.15, 0.2) is 42.1 Å². The lowest BCUT2D eigenvalue weighted by Gasteiger charge is -2.15. The van der Waals surface area contributed by atoms with Gasteiger partial charge in [-0.2, -0.15) is 0 Å². The number of carbonyl (C=O) groups is 2. The lowest BCUT2D eigenvalue weighted by Crippen LogP contribution is -2.34. The molecule has 2 aromatic rings. The summed E-state index contributed by atoms with van der Waals surface area (Å²) in [5, 5.41) is 3.53. The van der Waals surface area contributed by atoms with Crippen LogP contribution in [-0.4, -0.2) is 43.6 Å². The first kappa shape index (κ1) is 22.8. The SMILES string of the molecule is CCOCCCN1C(=O)C(Nc2ccc(OC)c(Cl)c2)=C(c2ccc(C)c(C)c2)C1=O. The number of carbonyl (C=O) groups excluding carboxylic acids is 2. The van der Waals surface area contributed by atoms with Crippen molar-refractivity contribution < 1.29 is 19.1 Å². The smallest absolute Gasteiger partial charge is 0.278 e. The maximum absolute atomic E-state index is 13.3. The van der Waals surface area contributed by atoms with Crippen LogP contribution < -0.4 is 10.1 Å². The third-order valence-corrected chi connectivity index (χ3v) is 5.55. The van der Waals surface area contributed by atoms with Gasteiger partial charge in [0.1, 0.15) is 11.4 Å². The Bertz CT molecular complexity index is 1030. The van der Waals surface area contributed by atoms with E-state index in [1.807, 2.05) is 39.0 Å². The van der Waals surface area contributed by atoms with Gasteiger partial charge < -0.3 is 14.8 Å². The zero-order valence-corrected chi connectivity index (χ0v) is 19.0. The molecule has 0 aliphatic carbocycles. The summed E-state index contributed by atoms with van der Waals surface area (Å²) < 4.78 is 10.5. The van der Waals surface area contributed by atoms with Crippen LogP contribution in [0.25, 0.3) is 5.57 Å². The molecule has 0 aromatic heterocycles. The van der Waals surface area contributed by atoms with Crippen LogP contribution in [0.5, 0.6) is 5.75 Å². The molecule has 1 N–H and O–H groups in total. The fourth-order valence-electron chi connectivity index (χ4n) is 3.42. The van der Waals surface area contributed by atoms with Crippen molar-refractivity contribution in [1.82, 2.24) is 4.90 Å². The van der Waals surface area contributed by atoms with E-state index in [2.05, 4.69) is 5.32 Å². The minimum absolute atomic E-state index is 0.242. The number of hydrogen-bond donors (Lipinski definition) is 1. The monoisotopic (exact) mass is 442 g/mol. The second kappa shape index (κ2) is 9.98. The van der Waals surface area contributed by atoms with Gasteiger partial charge in [-0.25, -0.2) is 0 Å². The highest BCUT2D eigenvalue weighted by Gasteiger charge is 2.39. The van der Waals surface area contributed by atoms with E-state index in [9.17, 15) is 9.59 Å². The third-order valence-electron chi connectivity index (χ3n) is 5.26. The molecule has 0 spiro atoms. The van der Waals surface area contributed by atoms with Crippen molar-refractivity contribution in [2.75, 3.05) is 32.2 Å². The number of aryl methyl sites for hydroxylation is 2. The molecule has 7 heteroatoms. The van der Waals surface area contributed by atoms with Crippen LogP contribution in [0.1, 0.15) is 30.0 Å². The number of amides is 2. The predicted octanol–water partition coefficient (Wildman–Crippen LogP) is 4.58. The van der Waals surface area contributed by atoms with Crippen molar-refractivity contribution in [3.63, 3.8) is 0 Å². The lowest BCUT2D eigenvalue weighted by atomic mass is 9.99. The van der Waals surface area contributed by atoms with Crippen LogP contribution in [0, 0.1) is 13.8 Å². The van der Waals surface area contributed by atoms with Crippen LogP contribution in [0.3, 0.4) is 0 Å². The maximum Gasteiger partial charge on any atom is 0.278 e. The minimum Gasteiger partial charge on any atom is -0.495 e. The zero-order valence-electron chi connectivity index (χ0n) is 18.3. The van der Waals surface area contributed by atoms with Crippen molar-refractivity contribution >= 4 is 34.7 Å². The second-order valence-electron chi connectivity index (χ2n) is 7.34. The van der Waals surface area contributed by atoms with Crippen molar-refractivity contribution in [1.29, 1.82) is 0 Å². The first-order chi connectivity index (χ1) is 14.9. The Labute approximate surface area is 187 Å². The topological polar surface area (TPSA) is 67.9 Å². The largest absolute Gasteiger partial charge is 0.495 e. The van der Waals surface area contributed by atoms with E-state index in [1.165, 1.54) is 12.0 Å². The van der Waals surface area contributed by atoms with Crippen LogP contribution in [0.2, 0.25) is 5.02 Å². The van der Waals surface area contributed by atoms with Gasteiger partial charge >= 0.3 is 0 Å². The number of hydrogen-bond acceptors (Lipinski definition) is 5. The molecule has 0 bridgehead atoms. The van der Waals surface area contributed by atoms with Crippen LogP contribution >= 0.6 is 11.6 Å². The normalized spacial score (nSPS) is 13.9. The summed E-state index contributed by atoms with van der Waals surface area (Å²) >= 11 is 6.24. The summed E-state index contributed by atoms with van der Waals surface area (Å²) in [6.07, 6.45) is 0.577. The molecular weight excluding hydrogens is 416 g/mol. The highest BCUT2D eigenvalue weighted by molar-refractivity contribution is 6.36. The van der Waals surface area contributed by atoms with E-state index in [0.717, 1.165) is 11.1 Å². The molecule has 2 amide bonds. The van der Waals surface area contributed by atoms with E-state index >= 15 is 0 Å². The third kappa shape index (κ3) is 4.92. The summed E-state index contributed by atoms with van der Waals surface area (Å²) in [4.78, 5) is 27.8. The zero-order chi connectivity index (χ0) is 22.5. The average molecular weight is 443 g/mol. The molecule has 0 saturated heterocycles. The molecule has 2 aromatic carbocycles. The van der Waals surface area contributed by atoms with Gasteiger partial charge in [0.15, 0.2) is 0 Å². The summed E-state index contributed by atoms with van der Waals surface area (Å²) in [5.41, 5.74) is 4.07. The average Bonchev–Trinajstić information content (AvgIpc) is 2.97. The van der Waals surface area contributed by atoms with Gasteiger partial charge in [-0.15, -0.1) is 0 Å². The number of imide groups is 1. The molecule has 0 fully saturated rings. The van der Waals surface area contributed by atoms with Gasteiger partial charge in [0.25, 0.3) is 11.8 Å². The van der Waals surface area contributed by atoms with Gasteiger partial charge in [0.2, 0.25) is 0 Å². The molecule has 0 saturated carbocycles. The number of rotatable bonds is 9. The maximum atomic E-state index is 13.3.